The lowest BCUT2D eigenvalue weighted by molar-refractivity contribution is 0.0342. The first-order chi connectivity index (χ1) is 15.2. The molecule has 0 spiro atoms. The molecule has 0 unspecified atom stereocenters. The number of aromatic nitrogens is 1. The average Bonchev–Trinajstić information content (AvgIpc) is 2.80. The summed E-state index contributed by atoms with van der Waals surface area (Å²) in [5.41, 5.74) is 4.09. The van der Waals surface area contributed by atoms with Crippen molar-refractivity contribution in [1.82, 2.24) is 9.88 Å². The molecule has 0 aliphatic carbocycles. The van der Waals surface area contributed by atoms with Gasteiger partial charge < -0.3 is 14.5 Å². The van der Waals surface area contributed by atoms with Gasteiger partial charge in [0.2, 0.25) is 0 Å². The van der Waals surface area contributed by atoms with E-state index in [1.54, 1.807) is 0 Å². The molecule has 3 aromatic carbocycles. The number of morpholine rings is 1. The van der Waals surface area contributed by atoms with Crippen LogP contribution in [-0.4, -0.2) is 36.2 Å². The second-order valence-electron chi connectivity index (χ2n) is 7.76. The third-order valence-electron chi connectivity index (χ3n) is 5.54. The topological polar surface area (TPSA) is 54.6 Å². The van der Waals surface area contributed by atoms with E-state index in [2.05, 4.69) is 40.2 Å². The summed E-state index contributed by atoms with van der Waals surface area (Å²) in [4.78, 5) is 17.3. The van der Waals surface area contributed by atoms with Crippen LogP contribution in [0.25, 0.3) is 22.0 Å². The molecular weight excluding hydrogens is 388 g/mol. The number of H-pyrrole nitrogens is 1. The molecule has 5 heteroatoms. The van der Waals surface area contributed by atoms with Crippen molar-refractivity contribution in [1.29, 1.82) is 0 Å². The van der Waals surface area contributed by atoms with Crippen LogP contribution in [0.15, 0.2) is 83.7 Å². The Morgan fingerprint density at radius 1 is 0.871 bits per heavy atom. The number of nitrogens with one attached hydrogen (secondary N) is 1. The quantitative estimate of drug-likeness (QED) is 0.511. The Bertz CT molecular complexity index is 1260. The predicted octanol–water partition coefficient (Wildman–Crippen LogP) is 4.82. The zero-order chi connectivity index (χ0) is 21.0. The molecule has 1 aromatic heterocycles. The fourth-order valence-corrected chi connectivity index (χ4v) is 3.99. The number of benzene rings is 3. The Morgan fingerprint density at radius 3 is 2.52 bits per heavy atom. The first kappa shape index (κ1) is 19.5. The minimum absolute atomic E-state index is 0.180. The fraction of sp³-hybridized carbons (Fsp3) is 0.192. The zero-order valence-corrected chi connectivity index (χ0v) is 17.2. The number of hydrogen-bond donors (Lipinski definition) is 1. The molecule has 156 valence electrons. The van der Waals surface area contributed by atoms with Crippen LogP contribution in [0.2, 0.25) is 0 Å². The Balaban J connectivity index is 1.41. The van der Waals surface area contributed by atoms with Gasteiger partial charge in [-0.25, -0.2) is 0 Å². The van der Waals surface area contributed by atoms with Crippen LogP contribution in [0.1, 0.15) is 5.56 Å². The third-order valence-corrected chi connectivity index (χ3v) is 5.54. The van der Waals surface area contributed by atoms with E-state index in [-0.39, 0.29) is 5.56 Å². The van der Waals surface area contributed by atoms with Crippen LogP contribution < -0.4 is 10.3 Å². The Kier molecular flexibility index (Phi) is 5.52. The maximum absolute atomic E-state index is 12.0. The van der Waals surface area contributed by atoms with E-state index < -0.39 is 0 Å². The summed E-state index contributed by atoms with van der Waals surface area (Å²) in [5, 5.41) is 0.875. The molecule has 2 heterocycles. The standard InChI is InChI=1S/C26H24N2O3/c29-26-17-25(23-9-1-2-10-24(23)27-26)31-22-8-4-7-21(16-22)20-6-3-5-19(15-20)18-28-11-13-30-14-12-28/h1-10,15-17H,11-14,18H2,(H,27,29). The first-order valence-corrected chi connectivity index (χ1v) is 10.5. The van der Waals surface area contributed by atoms with Crippen molar-refractivity contribution in [2.24, 2.45) is 0 Å². The molecule has 0 saturated carbocycles. The summed E-state index contributed by atoms with van der Waals surface area (Å²) in [5.74, 6) is 1.25. The molecule has 0 amide bonds. The average molecular weight is 412 g/mol. The maximum atomic E-state index is 12.0. The summed E-state index contributed by atoms with van der Waals surface area (Å²) in [6, 6.07) is 25.8. The van der Waals surface area contributed by atoms with Crippen LogP contribution in [0.4, 0.5) is 0 Å². The number of pyridine rings is 1. The summed E-state index contributed by atoms with van der Waals surface area (Å²) >= 11 is 0. The summed E-state index contributed by atoms with van der Waals surface area (Å²) < 4.78 is 11.6. The van der Waals surface area contributed by atoms with Gasteiger partial charge in [0.15, 0.2) is 0 Å². The summed E-state index contributed by atoms with van der Waals surface area (Å²) in [6.07, 6.45) is 0. The van der Waals surface area contributed by atoms with Crippen molar-refractivity contribution < 1.29 is 9.47 Å². The predicted molar refractivity (Wildman–Crippen MR) is 123 cm³/mol. The third kappa shape index (κ3) is 4.53. The van der Waals surface area contributed by atoms with E-state index in [1.165, 1.54) is 11.6 Å². The lowest BCUT2D eigenvalue weighted by Crippen LogP contribution is -2.35. The number of ether oxygens (including phenoxy) is 2. The Hall–Kier alpha value is -3.41. The Labute approximate surface area is 180 Å². The SMILES string of the molecule is O=c1cc(Oc2cccc(-c3cccc(CN4CCOCC4)c3)c2)c2ccccc2[nH]1. The monoisotopic (exact) mass is 412 g/mol. The smallest absolute Gasteiger partial charge is 0.252 e. The normalized spacial score (nSPS) is 14.6. The molecule has 0 radical (unpaired) electrons. The van der Waals surface area contributed by atoms with Gasteiger partial charge in [0, 0.05) is 31.1 Å². The number of rotatable bonds is 5. The molecule has 0 atom stereocenters. The lowest BCUT2D eigenvalue weighted by atomic mass is 10.0. The van der Waals surface area contributed by atoms with E-state index in [1.807, 2.05) is 42.5 Å². The van der Waals surface area contributed by atoms with Crippen molar-refractivity contribution in [2.45, 2.75) is 6.54 Å². The molecule has 1 saturated heterocycles. The molecule has 1 fully saturated rings. The van der Waals surface area contributed by atoms with Crippen LogP contribution in [0, 0.1) is 0 Å². The second-order valence-corrected chi connectivity index (χ2v) is 7.76. The zero-order valence-electron chi connectivity index (χ0n) is 17.2. The summed E-state index contributed by atoms with van der Waals surface area (Å²) in [7, 11) is 0. The van der Waals surface area contributed by atoms with Crippen LogP contribution in [-0.2, 0) is 11.3 Å². The van der Waals surface area contributed by atoms with Crippen molar-refractivity contribution in [2.75, 3.05) is 26.3 Å². The molecular formula is C26H24N2O3. The highest BCUT2D eigenvalue weighted by molar-refractivity contribution is 5.85. The number of fused-ring (bicyclic) bond motifs is 1. The largest absolute Gasteiger partial charge is 0.456 e. The lowest BCUT2D eigenvalue weighted by Gasteiger charge is -2.26. The molecule has 4 aromatic rings. The van der Waals surface area contributed by atoms with Gasteiger partial charge in [-0.2, -0.15) is 0 Å². The van der Waals surface area contributed by atoms with Gasteiger partial charge >= 0.3 is 0 Å². The second kappa shape index (κ2) is 8.76. The van der Waals surface area contributed by atoms with E-state index in [9.17, 15) is 4.79 Å². The first-order valence-electron chi connectivity index (χ1n) is 10.5. The fourth-order valence-electron chi connectivity index (χ4n) is 3.99. The number of nitrogens with zero attached hydrogens (tertiary/aromatic N) is 1. The molecule has 1 aliphatic rings. The van der Waals surface area contributed by atoms with Crippen LogP contribution in [0.3, 0.4) is 0 Å². The highest BCUT2D eigenvalue weighted by atomic mass is 16.5. The van der Waals surface area contributed by atoms with Crippen molar-refractivity contribution >= 4 is 10.9 Å². The van der Waals surface area contributed by atoms with Crippen molar-refractivity contribution in [3.05, 3.63) is 94.8 Å². The molecule has 5 rings (SSSR count). The summed E-state index contributed by atoms with van der Waals surface area (Å²) in [6.45, 7) is 4.47. The van der Waals surface area contributed by atoms with E-state index >= 15 is 0 Å². The van der Waals surface area contributed by atoms with Crippen molar-refractivity contribution in [3.8, 4) is 22.6 Å². The highest BCUT2D eigenvalue weighted by Gasteiger charge is 2.11. The van der Waals surface area contributed by atoms with Gasteiger partial charge in [0.1, 0.15) is 11.5 Å². The van der Waals surface area contributed by atoms with Gasteiger partial charge in [0.25, 0.3) is 5.56 Å². The molecule has 31 heavy (non-hydrogen) atoms. The minimum atomic E-state index is -0.180. The Morgan fingerprint density at radius 2 is 1.65 bits per heavy atom. The van der Waals surface area contributed by atoms with Crippen LogP contribution in [0.5, 0.6) is 11.5 Å². The van der Waals surface area contributed by atoms with Gasteiger partial charge in [-0.3, -0.25) is 9.69 Å². The number of aromatic amines is 1. The molecule has 5 nitrogen and oxygen atoms in total. The van der Waals surface area contributed by atoms with E-state index in [4.69, 9.17) is 9.47 Å². The molecule has 0 bridgehead atoms. The molecule has 1 N–H and O–H groups in total. The number of para-hydroxylation sites is 1. The maximum Gasteiger partial charge on any atom is 0.252 e. The van der Waals surface area contributed by atoms with Gasteiger partial charge in [-0.05, 0) is 47.0 Å². The van der Waals surface area contributed by atoms with Gasteiger partial charge in [-0.15, -0.1) is 0 Å². The minimum Gasteiger partial charge on any atom is -0.456 e. The van der Waals surface area contributed by atoms with E-state index in [0.29, 0.717) is 11.5 Å². The van der Waals surface area contributed by atoms with Crippen LogP contribution >= 0.6 is 0 Å². The van der Waals surface area contributed by atoms with Crippen molar-refractivity contribution in [3.63, 3.8) is 0 Å². The van der Waals surface area contributed by atoms with Gasteiger partial charge in [0.05, 0.1) is 18.7 Å². The van der Waals surface area contributed by atoms with E-state index in [0.717, 1.165) is 54.9 Å². The highest BCUT2D eigenvalue weighted by Crippen LogP contribution is 2.31. The molecule has 1 aliphatic heterocycles. The number of hydrogen-bond acceptors (Lipinski definition) is 4. The van der Waals surface area contributed by atoms with Gasteiger partial charge in [-0.1, -0.05) is 42.5 Å².